The third-order valence-electron chi connectivity index (χ3n) is 4.19. The van der Waals surface area contributed by atoms with Crippen molar-refractivity contribution in [2.75, 3.05) is 36.1 Å². The second-order valence-corrected chi connectivity index (χ2v) is 7.97. The third kappa shape index (κ3) is 4.62. The van der Waals surface area contributed by atoms with Crippen LogP contribution in [-0.2, 0) is 0 Å². The van der Waals surface area contributed by atoms with Crippen LogP contribution in [0.15, 0.2) is 0 Å². The van der Waals surface area contributed by atoms with Gasteiger partial charge in [0.1, 0.15) is 0 Å². The molecule has 2 heterocycles. The van der Waals surface area contributed by atoms with E-state index in [0.29, 0.717) is 0 Å². The molecule has 0 saturated carbocycles. The molecule has 2 nitrogen and oxygen atoms in total. The quantitative estimate of drug-likeness (QED) is 0.855. The Bertz CT molecular complexity index is 220. The summed E-state index contributed by atoms with van der Waals surface area (Å²) in [6.07, 6.45) is 4.20. The molecule has 2 atom stereocenters. The number of rotatable bonds is 4. The van der Waals surface area contributed by atoms with Gasteiger partial charge in [0, 0.05) is 54.2 Å². The van der Waals surface area contributed by atoms with Crippen LogP contribution in [0.1, 0.15) is 33.1 Å². The van der Waals surface area contributed by atoms with Gasteiger partial charge in [-0.1, -0.05) is 6.42 Å². The summed E-state index contributed by atoms with van der Waals surface area (Å²) in [7, 11) is 0. The molecule has 0 spiro atoms. The van der Waals surface area contributed by atoms with Crippen LogP contribution in [0.2, 0.25) is 0 Å². The van der Waals surface area contributed by atoms with Crippen LogP contribution in [0.3, 0.4) is 0 Å². The number of hydrogen-bond acceptors (Lipinski definition) is 4. The molecule has 2 aliphatic rings. The summed E-state index contributed by atoms with van der Waals surface area (Å²) in [6, 6.07) is 2.31. The number of piperidine rings is 1. The van der Waals surface area contributed by atoms with E-state index >= 15 is 0 Å². The van der Waals surface area contributed by atoms with E-state index in [1.807, 2.05) is 0 Å². The van der Waals surface area contributed by atoms with Crippen LogP contribution >= 0.6 is 23.5 Å². The van der Waals surface area contributed by atoms with Crippen molar-refractivity contribution in [2.45, 2.75) is 51.2 Å². The van der Waals surface area contributed by atoms with E-state index < -0.39 is 0 Å². The predicted molar refractivity (Wildman–Crippen MR) is 85.9 cm³/mol. The highest BCUT2D eigenvalue weighted by molar-refractivity contribution is 8.03. The molecule has 0 aromatic heterocycles. The summed E-state index contributed by atoms with van der Waals surface area (Å²) < 4.78 is 0. The van der Waals surface area contributed by atoms with Crippen molar-refractivity contribution in [1.29, 1.82) is 0 Å². The second-order valence-electron chi connectivity index (χ2n) is 5.67. The molecule has 4 heteroatoms. The molecule has 0 bridgehead atoms. The van der Waals surface area contributed by atoms with Gasteiger partial charge in [0.05, 0.1) is 0 Å². The number of nitrogens with zero attached hydrogens (tertiary/aromatic N) is 1. The van der Waals surface area contributed by atoms with Gasteiger partial charge in [-0.15, -0.1) is 0 Å². The summed E-state index contributed by atoms with van der Waals surface area (Å²) in [4.78, 5) is 2.70. The minimum absolute atomic E-state index is 0.734. The molecule has 0 unspecified atom stereocenters. The molecule has 0 aromatic carbocycles. The first kappa shape index (κ1) is 15.0. The Hall–Kier alpha value is 0.620. The van der Waals surface area contributed by atoms with Gasteiger partial charge in [-0.3, -0.25) is 4.90 Å². The van der Waals surface area contributed by atoms with Crippen molar-refractivity contribution in [1.82, 2.24) is 10.2 Å². The lowest BCUT2D eigenvalue weighted by Crippen LogP contribution is -2.48. The van der Waals surface area contributed by atoms with Crippen molar-refractivity contribution < 1.29 is 0 Å². The van der Waals surface area contributed by atoms with E-state index in [0.717, 1.165) is 18.1 Å². The molecule has 18 heavy (non-hydrogen) atoms. The smallest absolute Gasteiger partial charge is 0.0249 e. The number of nitrogens with one attached hydrogen (secondary N) is 1. The van der Waals surface area contributed by atoms with Gasteiger partial charge in [-0.05, 0) is 26.7 Å². The Morgan fingerprint density at radius 2 is 1.67 bits per heavy atom. The highest BCUT2D eigenvalue weighted by atomic mass is 32.2. The van der Waals surface area contributed by atoms with E-state index in [2.05, 4.69) is 47.6 Å². The summed E-state index contributed by atoms with van der Waals surface area (Å²) in [5.41, 5.74) is 0. The van der Waals surface area contributed by atoms with Gasteiger partial charge in [0.15, 0.2) is 0 Å². The minimum Gasteiger partial charge on any atom is -0.311 e. The fourth-order valence-electron chi connectivity index (χ4n) is 3.05. The first-order valence-corrected chi connectivity index (χ1v) is 9.73. The summed E-state index contributed by atoms with van der Waals surface area (Å²) in [5, 5.41) is 3.77. The molecule has 2 aliphatic heterocycles. The van der Waals surface area contributed by atoms with Crippen LogP contribution in [0.4, 0.5) is 0 Å². The average molecular weight is 289 g/mol. The zero-order valence-corrected chi connectivity index (χ0v) is 13.5. The molecule has 2 saturated heterocycles. The lowest BCUT2D eigenvalue weighted by Gasteiger charge is -2.39. The monoisotopic (exact) mass is 288 g/mol. The Kier molecular flexibility index (Phi) is 6.70. The van der Waals surface area contributed by atoms with Crippen LogP contribution in [0.25, 0.3) is 0 Å². The maximum absolute atomic E-state index is 3.77. The van der Waals surface area contributed by atoms with Gasteiger partial charge in [0.2, 0.25) is 0 Å². The highest BCUT2D eigenvalue weighted by Crippen LogP contribution is 2.22. The van der Waals surface area contributed by atoms with Crippen molar-refractivity contribution in [2.24, 2.45) is 0 Å². The lowest BCUT2D eigenvalue weighted by atomic mass is 9.98. The largest absolute Gasteiger partial charge is 0.311 e. The van der Waals surface area contributed by atoms with E-state index in [1.54, 1.807) is 0 Å². The topological polar surface area (TPSA) is 15.3 Å². The SMILES string of the molecule is C[C@@H]1CCC[C@H](C)N1CCNC1CSCCSC1. The van der Waals surface area contributed by atoms with E-state index in [-0.39, 0.29) is 0 Å². The second kappa shape index (κ2) is 8.03. The van der Waals surface area contributed by atoms with Gasteiger partial charge in [-0.2, -0.15) is 23.5 Å². The zero-order valence-electron chi connectivity index (χ0n) is 11.9. The molecule has 0 radical (unpaired) electrons. The Labute approximate surface area is 121 Å². The van der Waals surface area contributed by atoms with Crippen molar-refractivity contribution in [3.05, 3.63) is 0 Å². The summed E-state index contributed by atoms with van der Waals surface area (Å²) in [6.45, 7) is 7.19. The Morgan fingerprint density at radius 3 is 2.28 bits per heavy atom. The van der Waals surface area contributed by atoms with Gasteiger partial charge >= 0.3 is 0 Å². The van der Waals surface area contributed by atoms with Crippen LogP contribution < -0.4 is 5.32 Å². The van der Waals surface area contributed by atoms with Crippen molar-refractivity contribution in [3.8, 4) is 0 Å². The Morgan fingerprint density at radius 1 is 1.06 bits per heavy atom. The summed E-state index contributed by atoms with van der Waals surface area (Å²) in [5.74, 6) is 5.28. The molecule has 1 N–H and O–H groups in total. The number of likely N-dealkylation sites (tertiary alicyclic amines) is 1. The standard InChI is InChI=1S/C14H28N2S2/c1-12-4-3-5-13(2)16(12)7-6-15-14-10-17-8-9-18-11-14/h12-15H,3-11H2,1-2H3/t12-,13+. The maximum Gasteiger partial charge on any atom is 0.0249 e. The fourth-order valence-corrected chi connectivity index (χ4v) is 5.51. The van der Waals surface area contributed by atoms with Crippen molar-refractivity contribution >= 4 is 23.5 Å². The van der Waals surface area contributed by atoms with Crippen molar-refractivity contribution in [3.63, 3.8) is 0 Å². The predicted octanol–water partition coefficient (Wildman–Crippen LogP) is 2.69. The maximum atomic E-state index is 3.77. The minimum atomic E-state index is 0.734. The van der Waals surface area contributed by atoms with E-state index in [1.165, 1.54) is 55.4 Å². The first-order valence-electron chi connectivity index (χ1n) is 7.42. The third-order valence-corrected chi connectivity index (χ3v) is 6.71. The molecule has 2 rings (SSSR count). The highest BCUT2D eigenvalue weighted by Gasteiger charge is 2.24. The lowest BCUT2D eigenvalue weighted by molar-refractivity contribution is 0.104. The number of thioether (sulfide) groups is 2. The molecule has 2 fully saturated rings. The Balaban J connectivity index is 1.67. The molecule has 0 aromatic rings. The molecule has 0 amide bonds. The van der Waals surface area contributed by atoms with Gasteiger partial charge in [0.25, 0.3) is 0 Å². The van der Waals surface area contributed by atoms with E-state index in [9.17, 15) is 0 Å². The van der Waals surface area contributed by atoms with Crippen LogP contribution in [-0.4, -0.2) is 59.1 Å². The molecule has 106 valence electrons. The van der Waals surface area contributed by atoms with Crippen LogP contribution in [0.5, 0.6) is 0 Å². The summed E-state index contributed by atoms with van der Waals surface area (Å²) >= 11 is 4.23. The normalized spacial score (nSPS) is 32.3. The molecular weight excluding hydrogens is 260 g/mol. The van der Waals surface area contributed by atoms with E-state index in [4.69, 9.17) is 0 Å². The van der Waals surface area contributed by atoms with Gasteiger partial charge < -0.3 is 5.32 Å². The molecule has 0 aliphatic carbocycles. The van der Waals surface area contributed by atoms with Gasteiger partial charge in [-0.25, -0.2) is 0 Å². The first-order chi connectivity index (χ1) is 8.77. The number of hydrogen-bond donors (Lipinski definition) is 1. The molecular formula is C14H28N2S2. The van der Waals surface area contributed by atoms with Crippen LogP contribution in [0, 0.1) is 0 Å². The average Bonchev–Trinajstić information content (AvgIpc) is 2.61. The zero-order chi connectivity index (χ0) is 12.8. The fraction of sp³-hybridized carbons (Fsp3) is 1.00.